The van der Waals surface area contributed by atoms with E-state index in [1.165, 1.54) is 34.8 Å². The minimum atomic E-state index is -5.01. The number of rotatable bonds is 5. The summed E-state index contributed by atoms with van der Waals surface area (Å²) in [6, 6.07) is 5.09. The van der Waals surface area contributed by atoms with E-state index in [2.05, 4.69) is 14.6 Å². The summed E-state index contributed by atoms with van der Waals surface area (Å²) >= 11 is 0. The maximum absolute atomic E-state index is 13.6. The highest BCUT2D eigenvalue weighted by atomic mass is 19.4. The maximum atomic E-state index is 13.6. The monoisotopic (exact) mass is 506 g/mol. The van der Waals surface area contributed by atoms with Crippen LogP contribution in [0.4, 0.5) is 26.3 Å². The van der Waals surface area contributed by atoms with Gasteiger partial charge in [0.25, 0.3) is 5.91 Å². The minimum Gasteiger partial charge on any atom is -0.387 e. The molecule has 2 aliphatic rings. The van der Waals surface area contributed by atoms with E-state index >= 15 is 0 Å². The van der Waals surface area contributed by atoms with E-state index in [0.29, 0.717) is 38.2 Å². The lowest BCUT2D eigenvalue weighted by atomic mass is 9.81. The van der Waals surface area contributed by atoms with Crippen LogP contribution in [-0.4, -0.2) is 71.5 Å². The fourth-order valence-electron chi connectivity index (χ4n) is 5.05. The number of hydrogen-bond acceptors (Lipinski definition) is 5. The van der Waals surface area contributed by atoms with E-state index in [9.17, 15) is 31.1 Å². The molecule has 0 atom stereocenters. The van der Waals surface area contributed by atoms with Crippen LogP contribution in [0, 0.1) is 0 Å². The van der Waals surface area contributed by atoms with Gasteiger partial charge in [0.15, 0.2) is 0 Å². The van der Waals surface area contributed by atoms with Crippen LogP contribution in [0.2, 0.25) is 0 Å². The van der Waals surface area contributed by atoms with Gasteiger partial charge in [0.1, 0.15) is 11.3 Å². The molecule has 1 spiro atoms. The number of amides is 1. The first-order chi connectivity index (χ1) is 16.5. The van der Waals surface area contributed by atoms with Crippen LogP contribution in [0.15, 0.2) is 30.5 Å². The van der Waals surface area contributed by atoms with Crippen molar-refractivity contribution in [2.24, 2.45) is 0 Å². The van der Waals surface area contributed by atoms with Crippen LogP contribution >= 0.6 is 0 Å². The number of fused-ring (bicyclic) bond motifs is 2. The number of methoxy groups -OCH3 is 1. The molecule has 2 aliphatic heterocycles. The molecule has 0 N–H and O–H groups in total. The molecule has 2 aromatic heterocycles. The van der Waals surface area contributed by atoms with Gasteiger partial charge in [0, 0.05) is 51.7 Å². The Balaban J connectivity index is 1.60. The fourth-order valence-corrected chi connectivity index (χ4v) is 5.05. The molecule has 35 heavy (non-hydrogen) atoms. The van der Waals surface area contributed by atoms with Crippen LogP contribution < -0.4 is 4.74 Å². The zero-order chi connectivity index (χ0) is 25.4. The Hall–Kier alpha value is -2.80. The van der Waals surface area contributed by atoms with Crippen LogP contribution in [0.5, 0.6) is 5.88 Å². The van der Waals surface area contributed by atoms with Crippen LogP contribution in [-0.2, 0) is 23.0 Å². The molecule has 4 heterocycles. The molecule has 0 saturated carbocycles. The van der Waals surface area contributed by atoms with E-state index in [-0.39, 0.29) is 25.2 Å². The average molecular weight is 506 g/mol. The van der Waals surface area contributed by atoms with Crippen LogP contribution in [0.25, 0.3) is 0 Å². The van der Waals surface area contributed by atoms with E-state index in [1.807, 2.05) is 0 Å². The standard InChI is InChI=1S/C22H24F6N4O3/c1-34-14-13-31-11-12-32-16(4-5-17(32)21(23,24)25)20(31)6-9-30(10-7-20)19(33)15-3-2-8-29-18(15)35-22(26,27)28/h2-5,8H,6-7,9-14H2,1H3. The topological polar surface area (TPSA) is 59.8 Å². The molecule has 1 amide bonds. The third-order valence-electron chi connectivity index (χ3n) is 6.60. The summed E-state index contributed by atoms with van der Waals surface area (Å²) in [7, 11) is 1.54. The molecule has 7 nitrogen and oxygen atoms in total. The molecule has 0 bridgehead atoms. The van der Waals surface area contributed by atoms with Crippen molar-refractivity contribution >= 4 is 5.91 Å². The molecule has 1 saturated heterocycles. The van der Waals surface area contributed by atoms with Gasteiger partial charge in [0.2, 0.25) is 5.88 Å². The van der Waals surface area contributed by atoms with Gasteiger partial charge < -0.3 is 18.9 Å². The second-order valence-corrected chi connectivity index (χ2v) is 8.46. The highest BCUT2D eigenvalue weighted by molar-refractivity contribution is 5.96. The molecule has 0 radical (unpaired) electrons. The van der Waals surface area contributed by atoms with Crippen molar-refractivity contribution < 1.29 is 40.6 Å². The number of ether oxygens (including phenoxy) is 2. The summed E-state index contributed by atoms with van der Waals surface area (Å²) < 4.78 is 89.4. The van der Waals surface area contributed by atoms with Gasteiger partial charge in [0.05, 0.1) is 12.1 Å². The predicted molar refractivity (Wildman–Crippen MR) is 111 cm³/mol. The van der Waals surface area contributed by atoms with Crippen molar-refractivity contribution in [1.82, 2.24) is 19.4 Å². The number of aromatic nitrogens is 2. The van der Waals surface area contributed by atoms with Gasteiger partial charge in [-0.05, 0) is 37.1 Å². The summed E-state index contributed by atoms with van der Waals surface area (Å²) in [4.78, 5) is 20.1. The van der Waals surface area contributed by atoms with Gasteiger partial charge in [-0.25, -0.2) is 4.98 Å². The Morgan fingerprint density at radius 3 is 2.40 bits per heavy atom. The molecular formula is C22H24F6N4O3. The summed E-state index contributed by atoms with van der Waals surface area (Å²) in [5.74, 6) is -1.52. The first kappa shape index (κ1) is 25.3. The number of hydrogen-bond donors (Lipinski definition) is 0. The second kappa shape index (κ2) is 9.34. The van der Waals surface area contributed by atoms with Crippen molar-refractivity contribution in [1.29, 1.82) is 0 Å². The molecule has 4 rings (SSSR count). The lowest BCUT2D eigenvalue weighted by Gasteiger charge is -2.52. The normalized spacial score (nSPS) is 18.5. The molecule has 0 aliphatic carbocycles. The van der Waals surface area contributed by atoms with Gasteiger partial charge >= 0.3 is 12.5 Å². The number of likely N-dealkylation sites (tertiary alicyclic amines) is 1. The predicted octanol–water partition coefficient (Wildman–Crippen LogP) is 3.89. The van der Waals surface area contributed by atoms with Crippen LogP contribution in [0.3, 0.4) is 0 Å². The molecular weight excluding hydrogens is 482 g/mol. The second-order valence-electron chi connectivity index (χ2n) is 8.46. The molecule has 2 aromatic rings. The lowest BCUT2D eigenvalue weighted by Crippen LogP contribution is -2.58. The highest BCUT2D eigenvalue weighted by Gasteiger charge is 2.48. The van der Waals surface area contributed by atoms with Crippen molar-refractivity contribution in [2.75, 3.05) is 39.9 Å². The van der Waals surface area contributed by atoms with Gasteiger partial charge in [-0.1, -0.05) is 0 Å². The average Bonchev–Trinajstić information content (AvgIpc) is 3.24. The van der Waals surface area contributed by atoms with E-state index in [0.717, 1.165) is 12.3 Å². The first-order valence-electron chi connectivity index (χ1n) is 11.0. The summed E-state index contributed by atoms with van der Waals surface area (Å²) in [6.45, 7) is 1.67. The Labute approximate surface area is 197 Å². The zero-order valence-electron chi connectivity index (χ0n) is 18.8. The Morgan fingerprint density at radius 2 is 1.77 bits per heavy atom. The van der Waals surface area contributed by atoms with Crippen LogP contribution in [0.1, 0.15) is 34.6 Å². The molecule has 192 valence electrons. The smallest absolute Gasteiger partial charge is 0.387 e. The SMILES string of the molecule is COCCN1CCn2c(C(F)(F)F)ccc2C12CCN(C(=O)c1cccnc1OC(F)(F)F)CC2. The number of halogens is 6. The fraction of sp³-hybridized carbons (Fsp3) is 0.545. The van der Waals surface area contributed by atoms with Gasteiger partial charge in [-0.3, -0.25) is 9.69 Å². The number of alkyl halides is 6. The van der Waals surface area contributed by atoms with Crippen molar-refractivity contribution in [2.45, 2.75) is 37.5 Å². The van der Waals surface area contributed by atoms with Crippen molar-refractivity contribution in [3.63, 3.8) is 0 Å². The Morgan fingerprint density at radius 1 is 1.06 bits per heavy atom. The van der Waals surface area contributed by atoms with Crippen molar-refractivity contribution in [3.05, 3.63) is 47.4 Å². The summed E-state index contributed by atoms with van der Waals surface area (Å²) in [6.07, 6.45) is -7.81. The van der Waals surface area contributed by atoms with E-state index < -0.39 is 35.6 Å². The minimum absolute atomic E-state index is 0.134. The Kier molecular flexibility index (Phi) is 6.75. The zero-order valence-corrected chi connectivity index (χ0v) is 18.8. The number of nitrogens with zero attached hydrogens (tertiary/aromatic N) is 4. The quantitative estimate of drug-likeness (QED) is 0.576. The third-order valence-corrected chi connectivity index (χ3v) is 6.60. The van der Waals surface area contributed by atoms with E-state index in [4.69, 9.17) is 4.74 Å². The van der Waals surface area contributed by atoms with Gasteiger partial charge in [-0.2, -0.15) is 13.2 Å². The molecule has 13 heteroatoms. The molecule has 0 unspecified atom stereocenters. The summed E-state index contributed by atoms with van der Waals surface area (Å²) in [5, 5.41) is 0. The van der Waals surface area contributed by atoms with E-state index in [1.54, 1.807) is 0 Å². The number of piperidine rings is 1. The number of carbonyl (C=O) groups excluding carboxylic acids is 1. The largest absolute Gasteiger partial charge is 0.574 e. The first-order valence-corrected chi connectivity index (χ1v) is 11.0. The summed E-state index contributed by atoms with van der Waals surface area (Å²) in [5.41, 5.74) is -1.30. The Bertz CT molecular complexity index is 1060. The number of pyridine rings is 1. The lowest BCUT2D eigenvalue weighted by molar-refractivity contribution is -0.276. The maximum Gasteiger partial charge on any atom is 0.574 e. The highest BCUT2D eigenvalue weighted by Crippen LogP contribution is 2.44. The third kappa shape index (κ3) is 4.96. The van der Waals surface area contributed by atoms with Crippen molar-refractivity contribution in [3.8, 4) is 5.88 Å². The number of carbonyl (C=O) groups is 1. The molecule has 1 fully saturated rings. The van der Waals surface area contributed by atoms with Gasteiger partial charge in [-0.15, -0.1) is 13.2 Å². The molecule has 0 aromatic carbocycles.